The first-order valence-corrected chi connectivity index (χ1v) is 9.27. The van der Waals surface area contributed by atoms with Gasteiger partial charge in [-0.25, -0.2) is 4.98 Å². The van der Waals surface area contributed by atoms with Crippen LogP contribution in [0.5, 0.6) is 5.75 Å². The number of carbonyl (C=O) groups excluding carboxylic acids is 1. The van der Waals surface area contributed by atoms with Crippen LogP contribution in [0.2, 0.25) is 0 Å². The molecule has 144 valence electrons. The lowest BCUT2D eigenvalue weighted by atomic mass is 9.97. The van der Waals surface area contributed by atoms with Crippen molar-refractivity contribution in [2.45, 2.75) is 13.3 Å². The Bertz CT molecular complexity index is 1130. The molecule has 0 atom stereocenters. The zero-order valence-electron chi connectivity index (χ0n) is 16.3. The number of hydrogen-bond acceptors (Lipinski definition) is 5. The fourth-order valence-electron chi connectivity index (χ4n) is 3.30. The fourth-order valence-corrected chi connectivity index (χ4v) is 3.30. The van der Waals surface area contributed by atoms with E-state index in [1.54, 1.807) is 38.0 Å². The van der Waals surface area contributed by atoms with Crippen molar-refractivity contribution in [3.05, 3.63) is 90.1 Å². The SMILES string of the molecule is COc1ccc(-c2ncco2)cc1-c1ccc(CC(=O)c2ccncc2C)cc1. The molecule has 0 aliphatic rings. The molecule has 0 fully saturated rings. The van der Waals surface area contributed by atoms with Crippen LogP contribution >= 0.6 is 0 Å². The molecule has 0 saturated heterocycles. The summed E-state index contributed by atoms with van der Waals surface area (Å²) in [6, 6.07) is 15.5. The number of aromatic nitrogens is 2. The van der Waals surface area contributed by atoms with E-state index in [4.69, 9.17) is 9.15 Å². The molecule has 2 aromatic carbocycles. The van der Waals surface area contributed by atoms with E-state index in [1.807, 2.05) is 49.4 Å². The van der Waals surface area contributed by atoms with Gasteiger partial charge in [-0.2, -0.15) is 0 Å². The Morgan fingerprint density at radius 2 is 1.83 bits per heavy atom. The van der Waals surface area contributed by atoms with Gasteiger partial charge in [0.05, 0.1) is 13.3 Å². The summed E-state index contributed by atoms with van der Waals surface area (Å²) in [5, 5.41) is 0. The van der Waals surface area contributed by atoms with Gasteiger partial charge in [-0.3, -0.25) is 9.78 Å². The van der Waals surface area contributed by atoms with Gasteiger partial charge in [-0.05, 0) is 47.9 Å². The van der Waals surface area contributed by atoms with Crippen LogP contribution in [-0.2, 0) is 6.42 Å². The maximum atomic E-state index is 12.6. The number of pyridine rings is 1. The lowest BCUT2D eigenvalue weighted by Crippen LogP contribution is -2.05. The summed E-state index contributed by atoms with van der Waals surface area (Å²) < 4.78 is 10.9. The normalized spacial score (nSPS) is 10.7. The second-order valence-corrected chi connectivity index (χ2v) is 6.74. The largest absolute Gasteiger partial charge is 0.496 e. The number of carbonyl (C=O) groups is 1. The van der Waals surface area contributed by atoms with Crippen molar-refractivity contribution in [1.82, 2.24) is 9.97 Å². The predicted molar refractivity (Wildman–Crippen MR) is 111 cm³/mol. The van der Waals surface area contributed by atoms with Crippen LogP contribution in [0.3, 0.4) is 0 Å². The summed E-state index contributed by atoms with van der Waals surface area (Å²) in [7, 11) is 1.65. The van der Waals surface area contributed by atoms with Crippen LogP contribution in [0.15, 0.2) is 77.8 Å². The molecule has 4 rings (SSSR count). The van der Waals surface area contributed by atoms with E-state index in [0.29, 0.717) is 17.9 Å². The summed E-state index contributed by atoms with van der Waals surface area (Å²) >= 11 is 0. The standard InChI is InChI=1S/C24H20N2O3/c1-16-15-25-10-9-20(16)22(27)13-17-3-5-18(6-4-17)21-14-19(7-8-23(21)28-2)24-26-11-12-29-24/h3-12,14-15H,13H2,1-2H3. The molecule has 0 bridgehead atoms. The molecule has 0 radical (unpaired) electrons. The maximum absolute atomic E-state index is 12.6. The lowest BCUT2D eigenvalue weighted by molar-refractivity contribution is 0.0992. The third-order valence-electron chi connectivity index (χ3n) is 4.83. The molecule has 5 heteroatoms. The van der Waals surface area contributed by atoms with E-state index in [9.17, 15) is 4.79 Å². The summed E-state index contributed by atoms with van der Waals surface area (Å²) in [6.07, 6.45) is 6.88. The van der Waals surface area contributed by atoms with Gasteiger partial charge in [0.2, 0.25) is 5.89 Å². The van der Waals surface area contributed by atoms with Crippen molar-refractivity contribution in [3.63, 3.8) is 0 Å². The summed E-state index contributed by atoms with van der Waals surface area (Å²) in [5.74, 6) is 1.40. The highest BCUT2D eigenvalue weighted by Crippen LogP contribution is 2.34. The van der Waals surface area contributed by atoms with E-state index >= 15 is 0 Å². The fraction of sp³-hybridized carbons (Fsp3) is 0.125. The van der Waals surface area contributed by atoms with Gasteiger partial charge < -0.3 is 9.15 Å². The average molecular weight is 384 g/mol. The number of aryl methyl sites for hydroxylation is 1. The predicted octanol–water partition coefficient (Wildman–Crippen LogP) is 5.15. The minimum atomic E-state index is 0.0844. The van der Waals surface area contributed by atoms with Crippen molar-refractivity contribution >= 4 is 5.78 Å². The molecular formula is C24H20N2O3. The number of ketones is 1. The molecule has 2 aromatic heterocycles. The second-order valence-electron chi connectivity index (χ2n) is 6.74. The maximum Gasteiger partial charge on any atom is 0.225 e. The number of ether oxygens (including phenoxy) is 1. The number of methoxy groups -OCH3 is 1. The topological polar surface area (TPSA) is 65.2 Å². The van der Waals surface area contributed by atoms with Gasteiger partial charge >= 0.3 is 0 Å². The van der Waals surface area contributed by atoms with Gasteiger partial charge in [0, 0.05) is 35.5 Å². The van der Waals surface area contributed by atoms with Gasteiger partial charge in [0.15, 0.2) is 5.78 Å². The first kappa shape index (κ1) is 18.6. The summed E-state index contributed by atoms with van der Waals surface area (Å²) in [4.78, 5) is 20.9. The van der Waals surface area contributed by atoms with Gasteiger partial charge in [0.1, 0.15) is 12.0 Å². The molecule has 4 aromatic rings. The molecule has 0 unspecified atom stereocenters. The number of nitrogens with zero attached hydrogens (tertiary/aromatic N) is 2. The second kappa shape index (κ2) is 8.10. The lowest BCUT2D eigenvalue weighted by Gasteiger charge is -2.11. The van der Waals surface area contributed by atoms with E-state index in [0.717, 1.165) is 33.6 Å². The highest BCUT2D eigenvalue weighted by Gasteiger charge is 2.13. The van der Waals surface area contributed by atoms with E-state index in [2.05, 4.69) is 9.97 Å². The minimum Gasteiger partial charge on any atom is -0.496 e. The van der Waals surface area contributed by atoms with Gasteiger partial charge in [0.25, 0.3) is 0 Å². The third kappa shape index (κ3) is 3.94. The Kier molecular flexibility index (Phi) is 5.20. The van der Waals surface area contributed by atoms with Crippen molar-refractivity contribution < 1.29 is 13.9 Å². The van der Waals surface area contributed by atoms with Crippen molar-refractivity contribution in [3.8, 4) is 28.3 Å². The van der Waals surface area contributed by atoms with Crippen molar-refractivity contribution in [2.75, 3.05) is 7.11 Å². The number of benzene rings is 2. The Hall–Kier alpha value is -3.73. The summed E-state index contributed by atoms with van der Waals surface area (Å²) in [5.41, 5.74) is 5.36. The number of hydrogen-bond donors (Lipinski definition) is 0. The molecule has 0 amide bonds. The number of oxazole rings is 1. The van der Waals surface area contributed by atoms with Crippen LogP contribution < -0.4 is 4.74 Å². The van der Waals surface area contributed by atoms with Crippen LogP contribution in [0.4, 0.5) is 0 Å². The Balaban J connectivity index is 1.60. The molecule has 29 heavy (non-hydrogen) atoms. The zero-order valence-corrected chi connectivity index (χ0v) is 16.3. The number of Topliss-reactive ketones (excluding diaryl/α,β-unsaturated/α-hetero) is 1. The molecule has 2 heterocycles. The molecule has 0 N–H and O–H groups in total. The van der Waals surface area contributed by atoms with Gasteiger partial charge in [-0.15, -0.1) is 0 Å². The van der Waals surface area contributed by atoms with Gasteiger partial charge in [-0.1, -0.05) is 24.3 Å². The first-order valence-electron chi connectivity index (χ1n) is 9.27. The number of rotatable bonds is 6. The highest BCUT2D eigenvalue weighted by molar-refractivity contribution is 5.98. The smallest absolute Gasteiger partial charge is 0.225 e. The highest BCUT2D eigenvalue weighted by atomic mass is 16.5. The van der Waals surface area contributed by atoms with E-state index in [1.165, 1.54) is 0 Å². The van der Waals surface area contributed by atoms with Crippen LogP contribution in [0.1, 0.15) is 21.5 Å². The average Bonchev–Trinajstić information content (AvgIpc) is 3.29. The summed E-state index contributed by atoms with van der Waals surface area (Å²) in [6.45, 7) is 1.90. The Morgan fingerprint density at radius 1 is 1.03 bits per heavy atom. The third-order valence-corrected chi connectivity index (χ3v) is 4.83. The van der Waals surface area contributed by atoms with Crippen molar-refractivity contribution in [2.24, 2.45) is 0 Å². The minimum absolute atomic E-state index is 0.0844. The van der Waals surface area contributed by atoms with E-state index in [-0.39, 0.29) is 5.78 Å². The first-order chi connectivity index (χ1) is 14.2. The van der Waals surface area contributed by atoms with Crippen molar-refractivity contribution in [1.29, 1.82) is 0 Å². The van der Waals surface area contributed by atoms with Crippen LogP contribution in [-0.4, -0.2) is 22.9 Å². The zero-order chi connectivity index (χ0) is 20.2. The Labute approximate surface area is 169 Å². The van der Waals surface area contributed by atoms with Crippen LogP contribution in [0.25, 0.3) is 22.6 Å². The Morgan fingerprint density at radius 3 is 2.52 bits per heavy atom. The van der Waals surface area contributed by atoms with E-state index < -0.39 is 0 Å². The van der Waals surface area contributed by atoms with Crippen LogP contribution in [0, 0.1) is 6.92 Å². The monoisotopic (exact) mass is 384 g/mol. The quantitative estimate of drug-likeness (QED) is 0.430. The molecule has 0 saturated carbocycles. The molecule has 5 nitrogen and oxygen atoms in total. The molecule has 0 aliphatic carbocycles. The molecular weight excluding hydrogens is 364 g/mol. The molecule has 0 spiro atoms. The molecule has 0 aliphatic heterocycles.